The number of terminal acetylenes is 1. The van der Waals surface area contributed by atoms with Crippen LogP contribution >= 0.6 is 11.8 Å². The van der Waals surface area contributed by atoms with E-state index < -0.39 is 0 Å². The van der Waals surface area contributed by atoms with Crippen molar-refractivity contribution in [2.24, 2.45) is 0 Å². The lowest BCUT2D eigenvalue weighted by atomic mass is 10.2. The van der Waals surface area contributed by atoms with Crippen molar-refractivity contribution in [3.63, 3.8) is 0 Å². The first kappa shape index (κ1) is 16.3. The van der Waals surface area contributed by atoms with E-state index in [1.54, 1.807) is 29.0 Å². The van der Waals surface area contributed by atoms with Crippen LogP contribution in [0.3, 0.4) is 0 Å². The molecule has 114 valence electrons. The summed E-state index contributed by atoms with van der Waals surface area (Å²) in [5.41, 5.74) is 2.37. The van der Waals surface area contributed by atoms with Crippen LogP contribution in [-0.2, 0) is 11.3 Å². The van der Waals surface area contributed by atoms with Gasteiger partial charge in [-0.25, -0.2) is 0 Å². The third-order valence-corrected chi connectivity index (χ3v) is 4.40. The van der Waals surface area contributed by atoms with Gasteiger partial charge in [-0.05, 0) is 37.6 Å². The van der Waals surface area contributed by atoms with Gasteiger partial charge in [-0.2, -0.15) is 0 Å². The van der Waals surface area contributed by atoms with Crippen LogP contribution in [0.25, 0.3) is 0 Å². The predicted molar refractivity (Wildman–Crippen MR) is 89.6 cm³/mol. The lowest BCUT2D eigenvalue weighted by Gasteiger charge is -2.19. The Hall–Kier alpha value is -2.12. The number of amides is 1. The third kappa shape index (κ3) is 4.44. The summed E-state index contributed by atoms with van der Waals surface area (Å²) in [5, 5.41) is 0. The van der Waals surface area contributed by atoms with Crippen molar-refractivity contribution in [3.8, 4) is 12.3 Å². The molecule has 1 amide bonds. The molecule has 0 fully saturated rings. The largest absolute Gasteiger partial charge is 0.467 e. The molecule has 0 aliphatic carbocycles. The summed E-state index contributed by atoms with van der Waals surface area (Å²) in [6.45, 7) is 4.79. The van der Waals surface area contributed by atoms with Gasteiger partial charge >= 0.3 is 0 Å². The molecule has 0 atom stereocenters. The number of hydrogen-bond donors (Lipinski definition) is 0. The van der Waals surface area contributed by atoms with Crippen LogP contribution in [0.1, 0.15) is 16.9 Å². The molecule has 22 heavy (non-hydrogen) atoms. The Balaban J connectivity index is 1.99. The van der Waals surface area contributed by atoms with Crippen molar-refractivity contribution in [1.82, 2.24) is 4.90 Å². The van der Waals surface area contributed by atoms with Crippen molar-refractivity contribution in [2.75, 3.05) is 12.3 Å². The summed E-state index contributed by atoms with van der Waals surface area (Å²) < 4.78 is 5.29. The number of benzene rings is 1. The van der Waals surface area contributed by atoms with E-state index >= 15 is 0 Å². The van der Waals surface area contributed by atoms with Crippen LogP contribution < -0.4 is 0 Å². The van der Waals surface area contributed by atoms with Gasteiger partial charge in [0.25, 0.3) is 0 Å². The Bertz CT molecular complexity index is 671. The van der Waals surface area contributed by atoms with Gasteiger partial charge in [0.05, 0.1) is 25.1 Å². The number of hydrogen-bond acceptors (Lipinski definition) is 3. The summed E-state index contributed by atoms with van der Waals surface area (Å²) in [5.74, 6) is 3.65. The van der Waals surface area contributed by atoms with Crippen molar-refractivity contribution in [2.45, 2.75) is 25.3 Å². The zero-order chi connectivity index (χ0) is 15.9. The van der Waals surface area contributed by atoms with Gasteiger partial charge in [-0.3, -0.25) is 4.79 Å². The van der Waals surface area contributed by atoms with Crippen molar-refractivity contribution >= 4 is 17.7 Å². The Morgan fingerprint density at radius 2 is 2.18 bits per heavy atom. The van der Waals surface area contributed by atoms with Gasteiger partial charge in [0.1, 0.15) is 5.76 Å². The van der Waals surface area contributed by atoms with Gasteiger partial charge in [0.15, 0.2) is 0 Å². The second kappa shape index (κ2) is 7.77. The highest BCUT2D eigenvalue weighted by molar-refractivity contribution is 8.00. The third-order valence-electron chi connectivity index (χ3n) is 3.26. The fraction of sp³-hybridized carbons (Fsp3) is 0.278. The standard InChI is InChI=1S/C18H19NO2S/c1-4-9-19(12-16-6-5-10-21-16)18(20)13-22-17-11-14(2)7-8-15(17)3/h1,5-8,10-11H,9,12-13H2,2-3H3. The highest BCUT2D eigenvalue weighted by Gasteiger charge is 2.15. The average Bonchev–Trinajstić information content (AvgIpc) is 3.00. The Morgan fingerprint density at radius 3 is 2.86 bits per heavy atom. The number of carbonyl (C=O) groups is 1. The molecule has 0 N–H and O–H groups in total. The zero-order valence-electron chi connectivity index (χ0n) is 12.8. The van der Waals surface area contributed by atoms with Crippen LogP contribution in [0.4, 0.5) is 0 Å². The molecule has 2 aromatic rings. The maximum Gasteiger partial charge on any atom is 0.234 e. The monoisotopic (exact) mass is 313 g/mol. The van der Waals surface area contributed by atoms with Crippen LogP contribution in [0.5, 0.6) is 0 Å². The van der Waals surface area contributed by atoms with E-state index in [9.17, 15) is 4.79 Å². The Morgan fingerprint density at radius 1 is 1.36 bits per heavy atom. The second-order valence-corrected chi connectivity index (χ2v) is 6.11. The maximum absolute atomic E-state index is 12.4. The molecule has 1 heterocycles. The van der Waals surface area contributed by atoms with Crippen LogP contribution in [-0.4, -0.2) is 23.1 Å². The molecule has 0 aliphatic rings. The molecular formula is C18H19NO2S. The first-order valence-electron chi connectivity index (χ1n) is 7.04. The van der Waals surface area contributed by atoms with Crippen molar-refractivity contribution in [1.29, 1.82) is 0 Å². The van der Waals surface area contributed by atoms with E-state index in [0.717, 1.165) is 10.7 Å². The maximum atomic E-state index is 12.4. The number of thioether (sulfide) groups is 1. The van der Waals surface area contributed by atoms with Crippen LogP contribution in [0.15, 0.2) is 45.9 Å². The summed E-state index contributed by atoms with van der Waals surface area (Å²) in [4.78, 5) is 15.2. The first-order chi connectivity index (χ1) is 10.6. The number of aryl methyl sites for hydroxylation is 2. The number of furan rings is 1. The van der Waals surface area contributed by atoms with Crippen molar-refractivity contribution < 1.29 is 9.21 Å². The SMILES string of the molecule is C#CCN(Cc1ccco1)C(=O)CSc1cc(C)ccc1C. The summed E-state index contributed by atoms with van der Waals surface area (Å²) in [6.07, 6.45) is 6.96. The van der Waals surface area contributed by atoms with Crippen molar-refractivity contribution in [3.05, 3.63) is 53.5 Å². The van der Waals surface area contributed by atoms with E-state index in [-0.39, 0.29) is 12.5 Å². The molecule has 0 bridgehead atoms. The Labute approximate surface area is 135 Å². The van der Waals surface area contributed by atoms with E-state index in [1.807, 2.05) is 19.9 Å². The van der Waals surface area contributed by atoms with Gasteiger partial charge in [-0.15, -0.1) is 18.2 Å². The average molecular weight is 313 g/mol. The number of carbonyl (C=O) groups excluding carboxylic acids is 1. The molecular weight excluding hydrogens is 294 g/mol. The molecule has 0 saturated carbocycles. The first-order valence-corrected chi connectivity index (χ1v) is 8.02. The zero-order valence-corrected chi connectivity index (χ0v) is 13.7. The molecule has 1 aromatic heterocycles. The van der Waals surface area contributed by atoms with E-state index in [4.69, 9.17) is 10.8 Å². The smallest absolute Gasteiger partial charge is 0.234 e. The number of rotatable bonds is 6. The van der Waals surface area contributed by atoms with Gasteiger partial charge in [-0.1, -0.05) is 23.6 Å². The summed E-state index contributed by atoms with van der Waals surface area (Å²) >= 11 is 1.55. The molecule has 3 nitrogen and oxygen atoms in total. The van der Waals surface area contributed by atoms with Crippen LogP contribution in [0, 0.1) is 26.2 Å². The molecule has 0 unspecified atom stereocenters. The fourth-order valence-electron chi connectivity index (χ4n) is 2.03. The van der Waals surface area contributed by atoms with E-state index in [0.29, 0.717) is 12.3 Å². The second-order valence-electron chi connectivity index (χ2n) is 5.09. The lowest BCUT2D eigenvalue weighted by Crippen LogP contribution is -2.32. The van der Waals surface area contributed by atoms with Gasteiger partial charge in [0, 0.05) is 4.90 Å². The molecule has 0 spiro atoms. The number of nitrogens with zero attached hydrogens (tertiary/aromatic N) is 1. The van der Waals surface area contributed by atoms with E-state index in [1.165, 1.54) is 11.1 Å². The molecule has 0 aliphatic heterocycles. The molecule has 0 radical (unpaired) electrons. The highest BCUT2D eigenvalue weighted by Crippen LogP contribution is 2.24. The highest BCUT2D eigenvalue weighted by atomic mass is 32.2. The molecule has 2 rings (SSSR count). The fourth-order valence-corrected chi connectivity index (χ4v) is 3.05. The topological polar surface area (TPSA) is 33.5 Å². The van der Waals surface area contributed by atoms with E-state index in [2.05, 4.69) is 24.1 Å². The molecule has 0 saturated heterocycles. The minimum atomic E-state index is 0.0141. The van der Waals surface area contributed by atoms with Gasteiger partial charge < -0.3 is 9.32 Å². The predicted octanol–water partition coefficient (Wildman–Crippen LogP) is 3.65. The summed E-state index contributed by atoms with van der Waals surface area (Å²) in [6, 6.07) is 9.89. The quantitative estimate of drug-likeness (QED) is 0.603. The minimum absolute atomic E-state index is 0.0141. The Kier molecular flexibility index (Phi) is 5.74. The van der Waals surface area contributed by atoms with Crippen LogP contribution in [0.2, 0.25) is 0 Å². The molecule has 4 heteroatoms. The lowest BCUT2D eigenvalue weighted by molar-refractivity contribution is -0.128. The normalized spacial score (nSPS) is 10.2. The summed E-state index contributed by atoms with van der Waals surface area (Å²) in [7, 11) is 0. The molecule has 1 aromatic carbocycles. The minimum Gasteiger partial charge on any atom is -0.467 e. The van der Waals surface area contributed by atoms with Gasteiger partial charge in [0.2, 0.25) is 5.91 Å².